The third kappa shape index (κ3) is 4.85. The van der Waals surface area contributed by atoms with Crippen LogP contribution in [0.4, 0.5) is 0 Å². The first-order valence-electron chi connectivity index (χ1n) is 11.5. The van der Waals surface area contributed by atoms with Gasteiger partial charge in [-0.2, -0.15) is 0 Å². The quantitative estimate of drug-likeness (QED) is 0.685. The second-order valence-electron chi connectivity index (χ2n) is 8.71. The number of hydrogen-bond donors (Lipinski definition) is 0. The molecule has 1 fully saturated rings. The SMILES string of the molecule is CCCCC(=O)N1CCN(C(=O)CN2CCc3sccc3C2c2ccccc2)CC1C. The van der Waals surface area contributed by atoms with E-state index in [1.54, 1.807) is 0 Å². The molecule has 6 heteroatoms. The summed E-state index contributed by atoms with van der Waals surface area (Å²) in [5.41, 5.74) is 2.59. The maximum Gasteiger partial charge on any atom is 0.236 e. The number of benzene rings is 1. The van der Waals surface area contributed by atoms with Crippen molar-refractivity contribution in [1.82, 2.24) is 14.7 Å². The molecule has 2 atom stereocenters. The van der Waals surface area contributed by atoms with Crippen LogP contribution in [0.15, 0.2) is 41.8 Å². The van der Waals surface area contributed by atoms with Crippen molar-refractivity contribution < 1.29 is 9.59 Å². The molecule has 0 N–H and O–H groups in total. The number of nitrogens with zero attached hydrogens (tertiary/aromatic N) is 3. The highest BCUT2D eigenvalue weighted by Crippen LogP contribution is 2.37. The van der Waals surface area contributed by atoms with Crippen LogP contribution in [0.3, 0.4) is 0 Å². The lowest BCUT2D eigenvalue weighted by Crippen LogP contribution is -2.57. The van der Waals surface area contributed by atoms with Crippen molar-refractivity contribution >= 4 is 23.2 Å². The second-order valence-corrected chi connectivity index (χ2v) is 9.71. The molecule has 1 saturated heterocycles. The lowest BCUT2D eigenvalue weighted by atomic mass is 9.93. The number of carbonyl (C=O) groups is 2. The molecule has 2 aromatic rings. The van der Waals surface area contributed by atoms with Gasteiger partial charge in [0, 0.05) is 43.5 Å². The molecule has 2 amide bonds. The first kappa shape index (κ1) is 22.0. The molecule has 2 aliphatic heterocycles. The summed E-state index contributed by atoms with van der Waals surface area (Å²) in [6.45, 7) is 7.39. The summed E-state index contributed by atoms with van der Waals surface area (Å²) in [6, 6.07) is 13.0. The van der Waals surface area contributed by atoms with Gasteiger partial charge in [-0.3, -0.25) is 14.5 Å². The lowest BCUT2D eigenvalue weighted by Gasteiger charge is -2.42. The zero-order valence-electron chi connectivity index (χ0n) is 18.6. The Bertz CT molecular complexity index is 897. The minimum atomic E-state index is 0.0804. The van der Waals surface area contributed by atoms with Gasteiger partial charge in [0.25, 0.3) is 0 Å². The third-order valence-corrected chi connectivity index (χ3v) is 7.56. The van der Waals surface area contributed by atoms with E-state index in [1.165, 1.54) is 16.0 Å². The smallest absolute Gasteiger partial charge is 0.236 e. The van der Waals surface area contributed by atoms with Crippen LogP contribution < -0.4 is 0 Å². The molecule has 0 bridgehead atoms. The molecule has 0 spiro atoms. The van der Waals surface area contributed by atoms with Gasteiger partial charge in [0.15, 0.2) is 0 Å². The highest BCUT2D eigenvalue weighted by molar-refractivity contribution is 7.10. The van der Waals surface area contributed by atoms with Gasteiger partial charge in [0.1, 0.15) is 0 Å². The van der Waals surface area contributed by atoms with Gasteiger partial charge >= 0.3 is 0 Å². The fourth-order valence-corrected chi connectivity index (χ4v) is 5.77. The van der Waals surface area contributed by atoms with Crippen molar-refractivity contribution in [2.75, 3.05) is 32.7 Å². The predicted molar refractivity (Wildman–Crippen MR) is 125 cm³/mol. The maximum absolute atomic E-state index is 13.3. The second kappa shape index (κ2) is 9.96. The van der Waals surface area contributed by atoms with Crippen molar-refractivity contribution in [3.05, 3.63) is 57.8 Å². The van der Waals surface area contributed by atoms with Crippen LogP contribution in [0.25, 0.3) is 0 Å². The van der Waals surface area contributed by atoms with Crippen molar-refractivity contribution in [2.45, 2.75) is 51.6 Å². The minimum Gasteiger partial charge on any atom is -0.338 e. The maximum atomic E-state index is 13.3. The Balaban J connectivity index is 1.43. The summed E-state index contributed by atoms with van der Waals surface area (Å²) < 4.78 is 0. The van der Waals surface area contributed by atoms with Crippen LogP contribution in [0.1, 0.15) is 55.2 Å². The van der Waals surface area contributed by atoms with Gasteiger partial charge in [-0.25, -0.2) is 0 Å². The van der Waals surface area contributed by atoms with Crippen molar-refractivity contribution in [1.29, 1.82) is 0 Å². The molecule has 2 unspecified atom stereocenters. The Kier molecular flexibility index (Phi) is 7.08. The van der Waals surface area contributed by atoms with Crippen molar-refractivity contribution in [3.8, 4) is 0 Å². The normalized spacial score (nSPS) is 21.7. The van der Waals surface area contributed by atoms with Gasteiger partial charge in [-0.05, 0) is 42.3 Å². The molecular weight excluding hydrogens is 406 g/mol. The highest BCUT2D eigenvalue weighted by atomic mass is 32.1. The number of carbonyl (C=O) groups excluding carboxylic acids is 2. The van der Waals surface area contributed by atoms with Crippen LogP contribution in [-0.4, -0.2) is 65.3 Å². The molecule has 0 aliphatic carbocycles. The number of unbranched alkanes of at least 4 members (excludes halogenated alkanes) is 1. The molecule has 1 aromatic carbocycles. The van der Waals surface area contributed by atoms with Crippen molar-refractivity contribution in [3.63, 3.8) is 0 Å². The molecule has 1 aromatic heterocycles. The Morgan fingerprint density at radius 1 is 1.06 bits per heavy atom. The number of piperazine rings is 1. The van der Waals surface area contributed by atoms with Crippen LogP contribution >= 0.6 is 11.3 Å². The lowest BCUT2D eigenvalue weighted by molar-refractivity contribution is -0.143. The molecule has 0 saturated carbocycles. The van der Waals surface area contributed by atoms with E-state index in [0.29, 0.717) is 32.6 Å². The number of amides is 2. The van der Waals surface area contributed by atoms with E-state index in [1.807, 2.05) is 27.2 Å². The fraction of sp³-hybridized carbons (Fsp3) is 0.520. The van der Waals surface area contributed by atoms with E-state index in [0.717, 1.165) is 25.8 Å². The largest absolute Gasteiger partial charge is 0.338 e. The average Bonchev–Trinajstić information content (AvgIpc) is 3.26. The topological polar surface area (TPSA) is 43.9 Å². The number of rotatable bonds is 6. The number of thiophene rings is 1. The van der Waals surface area contributed by atoms with E-state index >= 15 is 0 Å². The zero-order valence-corrected chi connectivity index (χ0v) is 19.4. The number of hydrogen-bond acceptors (Lipinski definition) is 4. The standard InChI is InChI=1S/C25H33N3O2S/c1-3-4-10-23(29)28-15-14-26(17-19(28)2)24(30)18-27-13-11-22-21(12-16-31-22)25(27)20-8-6-5-7-9-20/h5-9,12,16,19,25H,3-4,10-11,13-15,17-18H2,1-2H3. The summed E-state index contributed by atoms with van der Waals surface area (Å²) in [7, 11) is 0. The summed E-state index contributed by atoms with van der Waals surface area (Å²) >= 11 is 1.82. The summed E-state index contributed by atoms with van der Waals surface area (Å²) in [5, 5.41) is 2.17. The first-order valence-corrected chi connectivity index (χ1v) is 12.4. The van der Waals surface area contributed by atoms with Crippen LogP contribution in [-0.2, 0) is 16.0 Å². The monoisotopic (exact) mass is 439 g/mol. The Morgan fingerprint density at radius 2 is 1.87 bits per heavy atom. The third-order valence-electron chi connectivity index (χ3n) is 6.56. The molecule has 0 radical (unpaired) electrons. The molecule has 5 nitrogen and oxygen atoms in total. The highest BCUT2D eigenvalue weighted by Gasteiger charge is 2.34. The van der Waals surface area contributed by atoms with Gasteiger partial charge < -0.3 is 9.80 Å². The number of fused-ring (bicyclic) bond motifs is 1. The van der Waals surface area contributed by atoms with E-state index in [9.17, 15) is 9.59 Å². The Morgan fingerprint density at radius 3 is 2.61 bits per heavy atom. The summed E-state index contributed by atoms with van der Waals surface area (Å²) in [6.07, 6.45) is 3.58. The molecule has 3 heterocycles. The predicted octanol–water partition coefficient (Wildman–Crippen LogP) is 3.95. The zero-order chi connectivity index (χ0) is 21.8. The van der Waals surface area contributed by atoms with Crippen molar-refractivity contribution in [2.24, 2.45) is 0 Å². The van der Waals surface area contributed by atoms with Gasteiger partial charge in [0.05, 0.1) is 12.6 Å². The summed E-state index contributed by atoms with van der Waals surface area (Å²) in [5.74, 6) is 0.402. The van der Waals surface area contributed by atoms with E-state index < -0.39 is 0 Å². The molecule has 2 aliphatic rings. The minimum absolute atomic E-state index is 0.0804. The molecule has 31 heavy (non-hydrogen) atoms. The summed E-state index contributed by atoms with van der Waals surface area (Å²) in [4.78, 5) is 33.4. The Labute approximate surface area is 189 Å². The average molecular weight is 440 g/mol. The Hall–Kier alpha value is -2.18. The van der Waals surface area contributed by atoms with Crippen LogP contribution in [0.5, 0.6) is 0 Å². The first-order chi connectivity index (χ1) is 15.1. The van der Waals surface area contributed by atoms with E-state index in [2.05, 4.69) is 54.5 Å². The molecule has 4 rings (SSSR count). The molecule has 166 valence electrons. The van der Waals surface area contributed by atoms with Gasteiger partial charge in [0.2, 0.25) is 11.8 Å². The van der Waals surface area contributed by atoms with Crippen LogP contribution in [0.2, 0.25) is 0 Å². The molecular formula is C25H33N3O2S. The van der Waals surface area contributed by atoms with Crippen LogP contribution in [0, 0.1) is 0 Å². The van der Waals surface area contributed by atoms with E-state index in [-0.39, 0.29) is 23.9 Å². The van der Waals surface area contributed by atoms with Gasteiger partial charge in [-0.1, -0.05) is 43.7 Å². The fourth-order valence-electron chi connectivity index (χ4n) is 4.86. The van der Waals surface area contributed by atoms with Gasteiger partial charge in [-0.15, -0.1) is 11.3 Å². The van der Waals surface area contributed by atoms with E-state index in [4.69, 9.17) is 0 Å².